The number of ether oxygens (including phenoxy) is 1. The Morgan fingerprint density at radius 3 is 3.18 bits per heavy atom. The first kappa shape index (κ1) is 14.9. The first-order valence-electron chi connectivity index (χ1n) is 7.54. The van der Waals surface area contributed by atoms with Crippen molar-refractivity contribution in [3.63, 3.8) is 0 Å². The smallest absolute Gasteiger partial charge is 0.250 e. The summed E-state index contributed by atoms with van der Waals surface area (Å²) in [5.74, 6) is 0. The van der Waals surface area contributed by atoms with Gasteiger partial charge in [0, 0.05) is 50.2 Å². The first-order chi connectivity index (χ1) is 10.7. The highest BCUT2D eigenvalue weighted by molar-refractivity contribution is 5.04. The summed E-state index contributed by atoms with van der Waals surface area (Å²) < 4.78 is 7.65. The minimum Gasteiger partial charge on any atom is -0.376 e. The van der Waals surface area contributed by atoms with Crippen molar-refractivity contribution in [3.05, 3.63) is 46.4 Å². The molecule has 0 bridgehead atoms. The van der Waals surface area contributed by atoms with Gasteiger partial charge in [-0.05, 0) is 12.8 Å². The van der Waals surface area contributed by atoms with Crippen molar-refractivity contribution in [2.75, 3.05) is 19.7 Å². The number of H-pyrrole nitrogens is 1. The quantitative estimate of drug-likeness (QED) is 0.862. The maximum absolute atomic E-state index is 11.3. The van der Waals surface area contributed by atoms with Gasteiger partial charge in [-0.15, -0.1) is 0 Å². The molecule has 1 unspecified atom stereocenters. The molecule has 0 aromatic carbocycles. The summed E-state index contributed by atoms with van der Waals surface area (Å²) in [5, 5.41) is 4.20. The van der Waals surface area contributed by atoms with Crippen LogP contribution >= 0.6 is 0 Å². The molecule has 3 heterocycles. The van der Waals surface area contributed by atoms with Crippen LogP contribution in [0.1, 0.15) is 17.7 Å². The predicted molar refractivity (Wildman–Crippen MR) is 81.4 cm³/mol. The second-order valence-electron chi connectivity index (χ2n) is 5.69. The van der Waals surface area contributed by atoms with Crippen LogP contribution < -0.4 is 5.56 Å². The highest BCUT2D eigenvalue weighted by Crippen LogP contribution is 2.13. The molecular weight excluding hydrogens is 282 g/mol. The van der Waals surface area contributed by atoms with Gasteiger partial charge in [0.2, 0.25) is 0 Å². The van der Waals surface area contributed by atoms with Crippen LogP contribution in [-0.4, -0.2) is 50.4 Å². The standard InChI is InChI=1S/C15H21N5O2/c1-19-8-12(7-18-19)9-20-4-5-22-14(10-20)3-2-13-6-15(21)17-11-16-13/h6-8,11,14H,2-5,9-10H2,1H3,(H,16,17,21). The van der Waals surface area contributed by atoms with Crippen molar-refractivity contribution >= 4 is 0 Å². The number of nitrogens with one attached hydrogen (secondary N) is 1. The molecular formula is C15H21N5O2. The Bertz CT molecular complexity index is 666. The molecule has 1 N–H and O–H groups in total. The third-order valence-electron chi connectivity index (χ3n) is 3.84. The topological polar surface area (TPSA) is 76.0 Å². The van der Waals surface area contributed by atoms with Gasteiger partial charge in [-0.3, -0.25) is 14.4 Å². The normalized spacial score (nSPS) is 19.4. The zero-order valence-electron chi connectivity index (χ0n) is 12.7. The monoisotopic (exact) mass is 303 g/mol. The highest BCUT2D eigenvalue weighted by atomic mass is 16.5. The van der Waals surface area contributed by atoms with E-state index >= 15 is 0 Å². The van der Waals surface area contributed by atoms with Gasteiger partial charge in [0.1, 0.15) is 0 Å². The molecule has 2 aromatic heterocycles. The van der Waals surface area contributed by atoms with Crippen LogP contribution in [0.3, 0.4) is 0 Å². The van der Waals surface area contributed by atoms with E-state index in [9.17, 15) is 4.79 Å². The van der Waals surface area contributed by atoms with E-state index in [1.165, 1.54) is 11.9 Å². The van der Waals surface area contributed by atoms with Gasteiger partial charge in [0.05, 0.1) is 25.2 Å². The van der Waals surface area contributed by atoms with Gasteiger partial charge in [0.15, 0.2) is 0 Å². The van der Waals surface area contributed by atoms with Gasteiger partial charge in [-0.25, -0.2) is 4.98 Å². The molecule has 1 atom stereocenters. The lowest BCUT2D eigenvalue weighted by Crippen LogP contribution is -2.42. The molecule has 1 saturated heterocycles. The van der Waals surface area contributed by atoms with Crippen LogP contribution in [0.2, 0.25) is 0 Å². The number of aromatic amines is 1. The molecule has 1 fully saturated rings. The van der Waals surface area contributed by atoms with E-state index < -0.39 is 0 Å². The largest absolute Gasteiger partial charge is 0.376 e. The van der Waals surface area contributed by atoms with Gasteiger partial charge < -0.3 is 9.72 Å². The van der Waals surface area contributed by atoms with Crippen LogP contribution in [0.25, 0.3) is 0 Å². The van der Waals surface area contributed by atoms with E-state index in [0.29, 0.717) is 0 Å². The number of nitrogens with zero attached hydrogens (tertiary/aromatic N) is 4. The zero-order valence-corrected chi connectivity index (χ0v) is 12.7. The fourth-order valence-corrected chi connectivity index (χ4v) is 2.77. The van der Waals surface area contributed by atoms with E-state index in [1.807, 2.05) is 24.1 Å². The van der Waals surface area contributed by atoms with E-state index in [4.69, 9.17) is 4.74 Å². The summed E-state index contributed by atoms with van der Waals surface area (Å²) in [6, 6.07) is 1.55. The molecule has 3 rings (SSSR count). The fraction of sp³-hybridized carbons (Fsp3) is 0.533. The molecule has 7 heteroatoms. The molecule has 0 aliphatic carbocycles. The summed E-state index contributed by atoms with van der Waals surface area (Å²) in [6.07, 6.45) is 7.23. The number of aryl methyl sites for hydroxylation is 2. The number of rotatable bonds is 5. The molecule has 1 aliphatic rings. The van der Waals surface area contributed by atoms with Crippen LogP contribution in [0.5, 0.6) is 0 Å². The fourth-order valence-electron chi connectivity index (χ4n) is 2.77. The maximum Gasteiger partial charge on any atom is 0.250 e. The third kappa shape index (κ3) is 4.02. The van der Waals surface area contributed by atoms with Crippen molar-refractivity contribution in [2.45, 2.75) is 25.5 Å². The Morgan fingerprint density at radius 2 is 2.41 bits per heavy atom. The average molecular weight is 303 g/mol. The van der Waals surface area contributed by atoms with Crippen LogP contribution in [-0.2, 0) is 24.8 Å². The molecule has 118 valence electrons. The average Bonchev–Trinajstić information content (AvgIpc) is 2.91. The summed E-state index contributed by atoms with van der Waals surface area (Å²) in [4.78, 5) is 20.4. The summed E-state index contributed by atoms with van der Waals surface area (Å²) >= 11 is 0. The maximum atomic E-state index is 11.3. The molecule has 0 spiro atoms. The van der Waals surface area contributed by atoms with Gasteiger partial charge in [-0.2, -0.15) is 5.10 Å². The molecule has 2 aromatic rings. The molecule has 22 heavy (non-hydrogen) atoms. The lowest BCUT2D eigenvalue weighted by Gasteiger charge is -2.32. The van der Waals surface area contributed by atoms with Crippen molar-refractivity contribution in [1.29, 1.82) is 0 Å². The second-order valence-corrected chi connectivity index (χ2v) is 5.69. The van der Waals surface area contributed by atoms with E-state index in [-0.39, 0.29) is 11.7 Å². The molecule has 0 saturated carbocycles. The Kier molecular flexibility index (Phi) is 4.65. The van der Waals surface area contributed by atoms with Crippen LogP contribution in [0.4, 0.5) is 0 Å². The number of morpholine rings is 1. The predicted octanol–water partition coefficient (Wildman–Crippen LogP) is 0.337. The lowest BCUT2D eigenvalue weighted by molar-refractivity contribution is -0.0346. The molecule has 7 nitrogen and oxygen atoms in total. The summed E-state index contributed by atoms with van der Waals surface area (Å²) in [5.41, 5.74) is 1.93. The van der Waals surface area contributed by atoms with Crippen molar-refractivity contribution in [3.8, 4) is 0 Å². The first-order valence-corrected chi connectivity index (χ1v) is 7.54. The lowest BCUT2D eigenvalue weighted by atomic mass is 10.1. The van der Waals surface area contributed by atoms with Crippen LogP contribution in [0, 0.1) is 0 Å². The Balaban J connectivity index is 1.51. The van der Waals surface area contributed by atoms with Crippen molar-refractivity contribution < 1.29 is 4.74 Å². The van der Waals surface area contributed by atoms with Crippen molar-refractivity contribution in [1.82, 2.24) is 24.6 Å². The van der Waals surface area contributed by atoms with E-state index in [2.05, 4.69) is 20.0 Å². The Morgan fingerprint density at radius 1 is 1.50 bits per heavy atom. The molecule has 1 aliphatic heterocycles. The minimum atomic E-state index is -0.104. The summed E-state index contributed by atoms with van der Waals surface area (Å²) in [6.45, 7) is 3.48. The van der Waals surface area contributed by atoms with Gasteiger partial charge in [0.25, 0.3) is 5.56 Å². The Labute approximate surface area is 128 Å². The number of hydrogen-bond acceptors (Lipinski definition) is 5. The van der Waals surface area contributed by atoms with Gasteiger partial charge in [-0.1, -0.05) is 0 Å². The van der Waals surface area contributed by atoms with E-state index in [1.54, 1.807) is 6.07 Å². The van der Waals surface area contributed by atoms with E-state index in [0.717, 1.165) is 44.8 Å². The van der Waals surface area contributed by atoms with Crippen molar-refractivity contribution in [2.24, 2.45) is 7.05 Å². The third-order valence-corrected chi connectivity index (χ3v) is 3.84. The SMILES string of the molecule is Cn1cc(CN2CCOC(CCc3cc(=O)[nH]cn3)C2)cn1. The minimum absolute atomic E-state index is 0.104. The molecule has 0 amide bonds. The molecule has 0 radical (unpaired) electrons. The highest BCUT2D eigenvalue weighted by Gasteiger charge is 2.20. The Hall–Kier alpha value is -1.99. The van der Waals surface area contributed by atoms with Crippen LogP contribution in [0.15, 0.2) is 29.6 Å². The number of aromatic nitrogens is 4. The summed E-state index contributed by atoms with van der Waals surface area (Å²) in [7, 11) is 1.93. The zero-order chi connectivity index (χ0) is 15.4. The second kappa shape index (κ2) is 6.85. The van der Waals surface area contributed by atoms with Gasteiger partial charge >= 0.3 is 0 Å². The number of hydrogen-bond donors (Lipinski definition) is 1.